The molecule has 0 radical (unpaired) electrons. The number of anilines is 1. The quantitative estimate of drug-likeness (QED) is 0.819. The number of nitrogens with zero attached hydrogens (tertiary/aromatic N) is 1. The average molecular weight is 326 g/mol. The number of carbonyl (C=O) groups is 1. The number of hydrogen-bond donors (Lipinski definition) is 1. The molecule has 4 heteroatoms. The molecule has 0 atom stereocenters. The van der Waals surface area contributed by atoms with Gasteiger partial charge in [0, 0.05) is 25.3 Å². The summed E-state index contributed by atoms with van der Waals surface area (Å²) >= 11 is 0. The van der Waals surface area contributed by atoms with Crippen LogP contribution < -0.4 is 10.2 Å². The van der Waals surface area contributed by atoms with Gasteiger partial charge in [-0.15, -0.1) is 0 Å². The predicted octanol–water partition coefficient (Wildman–Crippen LogP) is 3.79. The van der Waals surface area contributed by atoms with E-state index in [1.54, 1.807) is 12.1 Å². The van der Waals surface area contributed by atoms with Crippen molar-refractivity contribution in [3.8, 4) is 0 Å². The third-order valence-corrected chi connectivity index (χ3v) is 4.45. The number of carbonyl (C=O) groups excluding carboxylic acids is 1. The van der Waals surface area contributed by atoms with Gasteiger partial charge >= 0.3 is 0 Å². The Hall–Kier alpha value is -2.36. The molecule has 1 aliphatic heterocycles. The van der Waals surface area contributed by atoms with Crippen LogP contribution in [0.25, 0.3) is 0 Å². The molecule has 0 saturated carbocycles. The number of hydrogen-bond acceptors (Lipinski definition) is 2. The summed E-state index contributed by atoms with van der Waals surface area (Å²) in [5.74, 6) is -0.829. The van der Waals surface area contributed by atoms with Gasteiger partial charge in [0.1, 0.15) is 5.82 Å². The van der Waals surface area contributed by atoms with E-state index in [0.29, 0.717) is 6.54 Å². The van der Waals surface area contributed by atoms with Crippen molar-refractivity contribution in [2.75, 3.05) is 24.5 Å². The van der Waals surface area contributed by atoms with Crippen molar-refractivity contribution in [3.63, 3.8) is 0 Å². The summed E-state index contributed by atoms with van der Waals surface area (Å²) < 4.78 is 13.5. The van der Waals surface area contributed by atoms with Crippen LogP contribution in [0.15, 0.2) is 48.5 Å². The minimum absolute atomic E-state index is 0.104. The molecule has 1 amide bonds. The highest BCUT2D eigenvalue weighted by Gasteiger charge is 2.12. The fourth-order valence-corrected chi connectivity index (χ4v) is 3.08. The molecule has 126 valence electrons. The van der Waals surface area contributed by atoms with Crippen LogP contribution in [-0.4, -0.2) is 25.5 Å². The first-order valence-electron chi connectivity index (χ1n) is 8.60. The third kappa shape index (κ3) is 4.13. The van der Waals surface area contributed by atoms with Gasteiger partial charge in [0.05, 0.1) is 5.56 Å². The van der Waals surface area contributed by atoms with Crippen LogP contribution >= 0.6 is 0 Å². The largest absolute Gasteiger partial charge is 0.372 e. The van der Waals surface area contributed by atoms with Crippen LogP contribution in [0.3, 0.4) is 0 Å². The molecule has 0 aromatic heterocycles. The van der Waals surface area contributed by atoms with Gasteiger partial charge in [-0.25, -0.2) is 4.39 Å². The first kappa shape index (κ1) is 16.5. The Bertz CT molecular complexity index is 678. The fraction of sp³-hybridized carbons (Fsp3) is 0.350. The second kappa shape index (κ2) is 7.95. The topological polar surface area (TPSA) is 32.3 Å². The van der Waals surface area contributed by atoms with Crippen LogP contribution in [0.1, 0.15) is 35.2 Å². The lowest BCUT2D eigenvalue weighted by molar-refractivity contribution is 0.0949. The Balaban J connectivity index is 1.43. The van der Waals surface area contributed by atoms with Crippen molar-refractivity contribution in [1.82, 2.24) is 5.32 Å². The number of aryl methyl sites for hydroxylation is 1. The van der Waals surface area contributed by atoms with Crippen molar-refractivity contribution < 1.29 is 9.18 Å². The summed E-state index contributed by atoms with van der Waals surface area (Å²) in [7, 11) is 0. The molecule has 2 aromatic carbocycles. The molecule has 1 N–H and O–H groups in total. The molecule has 24 heavy (non-hydrogen) atoms. The van der Waals surface area contributed by atoms with Gasteiger partial charge < -0.3 is 10.2 Å². The molecular weight excluding hydrogens is 303 g/mol. The van der Waals surface area contributed by atoms with E-state index in [1.165, 1.54) is 36.2 Å². The smallest absolute Gasteiger partial charge is 0.254 e. The summed E-state index contributed by atoms with van der Waals surface area (Å²) in [5.41, 5.74) is 2.66. The summed E-state index contributed by atoms with van der Waals surface area (Å²) in [5, 5.41) is 2.78. The van der Waals surface area contributed by atoms with E-state index in [-0.39, 0.29) is 11.5 Å². The van der Waals surface area contributed by atoms with Crippen LogP contribution in [0.5, 0.6) is 0 Å². The summed E-state index contributed by atoms with van der Waals surface area (Å²) in [6, 6.07) is 14.7. The Morgan fingerprint density at radius 2 is 1.75 bits per heavy atom. The molecule has 1 fully saturated rings. The van der Waals surface area contributed by atoms with E-state index < -0.39 is 5.82 Å². The highest BCUT2D eigenvalue weighted by atomic mass is 19.1. The lowest BCUT2D eigenvalue weighted by Gasteiger charge is -2.17. The van der Waals surface area contributed by atoms with Crippen molar-refractivity contribution in [2.45, 2.75) is 25.7 Å². The monoisotopic (exact) mass is 326 g/mol. The third-order valence-electron chi connectivity index (χ3n) is 4.45. The number of rotatable bonds is 6. The molecule has 0 aliphatic carbocycles. The van der Waals surface area contributed by atoms with Gasteiger partial charge in [0.25, 0.3) is 5.91 Å². The molecule has 1 saturated heterocycles. The van der Waals surface area contributed by atoms with Gasteiger partial charge in [0.2, 0.25) is 0 Å². The lowest BCUT2D eigenvalue weighted by Crippen LogP contribution is -2.25. The van der Waals surface area contributed by atoms with Crippen LogP contribution in [-0.2, 0) is 6.42 Å². The van der Waals surface area contributed by atoms with Crippen molar-refractivity contribution in [2.24, 2.45) is 0 Å². The van der Waals surface area contributed by atoms with E-state index in [1.807, 2.05) is 0 Å². The van der Waals surface area contributed by atoms with Crippen molar-refractivity contribution in [1.29, 1.82) is 0 Å². The molecule has 1 heterocycles. The molecule has 3 rings (SSSR count). The van der Waals surface area contributed by atoms with Crippen LogP contribution in [0.4, 0.5) is 10.1 Å². The minimum Gasteiger partial charge on any atom is -0.372 e. The number of nitrogens with one attached hydrogen (secondary N) is 1. The highest BCUT2D eigenvalue weighted by molar-refractivity contribution is 5.94. The SMILES string of the molecule is O=C(NCCCc1ccc(N2CCCC2)cc1)c1ccccc1F. The molecule has 0 unspecified atom stereocenters. The molecule has 1 aliphatic rings. The number of benzene rings is 2. The Labute approximate surface area is 142 Å². The van der Waals surface area contributed by atoms with Crippen molar-refractivity contribution in [3.05, 3.63) is 65.5 Å². The zero-order valence-electron chi connectivity index (χ0n) is 13.8. The lowest BCUT2D eigenvalue weighted by atomic mass is 10.1. The first-order chi connectivity index (χ1) is 11.7. The molecular formula is C20H23FN2O. The standard InChI is InChI=1S/C20H23FN2O/c21-19-8-2-1-7-18(19)20(24)22-13-5-6-16-9-11-17(12-10-16)23-14-3-4-15-23/h1-2,7-12H,3-6,13-15H2,(H,22,24). The first-order valence-corrected chi connectivity index (χ1v) is 8.60. The maximum Gasteiger partial charge on any atom is 0.254 e. The van der Waals surface area contributed by atoms with Gasteiger partial charge in [-0.3, -0.25) is 4.79 Å². The van der Waals surface area contributed by atoms with E-state index in [9.17, 15) is 9.18 Å². The maximum absolute atomic E-state index is 13.5. The minimum atomic E-state index is -0.479. The molecule has 0 spiro atoms. The average Bonchev–Trinajstić information content (AvgIpc) is 3.14. The Morgan fingerprint density at radius 1 is 1.04 bits per heavy atom. The Morgan fingerprint density at radius 3 is 2.46 bits per heavy atom. The second-order valence-corrected chi connectivity index (χ2v) is 6.20. The van der Waals surface area contributed by atoms with E-state index in [2.05, 4.69) is 34.5 Å². The number of amides is 1. The zero-order chi connectivity index (χ0) is 16.8. The van der Waals surface area contributed by atoms with E-state index in [0.717, 1.165) is 25.9 Å². The van der Waals surface area contributed by atoms with Crippen LogP contribution in [0.2, 0.25) is 0 Å². The Kier molecular flexibility index (Phi) is 5.47. The normalized spacial score (nSPS) is 14.0. The van der Waals surface area contributed by atoms with E-state index >= 15 is 0 Å². The molecule has 0 bridgehead atoms. The summed E-state index contributed by atoms with van der Waals surface area (Å²) in [6.07, 6.45) is 4.30. The van der Waals surface area contributed by atoms with Gasteiger partial charge in [-0.1, -0.05) is 24.3 Å². The fourth-order valence-electron chi connectivity index (χ4n) is 3.08. The van der Waals surface area contributed by atoms with Gasteiger partial charge in [-0.05, 0) is 55.5 Å². The zero-order valence-corrected chi connectivity index (χ0v) is 13.8. The van der Waals surface area contributed by atoms with Crippen LogP contribution in [0, 0.1) is 5.82 Å². The predicted molar refractivity (Wildman–Crippen MR) is 94.9 cm³/mol. The van der Waals surface area contributed by atoms with E-state index in [4.69, 9.17) is 0 Å². The summed E-state index contributed by atoms with van der Waals surface area (Å²) in [4.78, 5) is 14.3. The van der Waals surface area contributed by atoms with Crippen molar-refractivity contribution >= 4 is 11.6 Å². The second-order valence-electron chi connectivity index (χ2n) is 6.20. The molecule has 2 aromatic rings. The highest BCUT2D eigenvalue weighted by Crippen LogP contribution is 2.20. The maximum atomic E-state index is 13.5. The number of halogens is 1. The molecule has 3 nitrogen and oxygen atoms in total. The summed E-state index contributed by atoms with van der Waals surface area (Å²) in [6.45, 7) is 2.85. The van der Waals surface area contributed by atoms with Gasteiger partial charge in [0.15, 0.2) is 0 Å². The van der Waals surface area contributed by atoms with Gasteiger partial charge in [-0.2, -0.15) is 0 Å².